The van der Waals surface area contributed by atoms with Crippen LogP contribution in [-0.2, 0) is 16.6 Å². The van der Waals surface area contributed by atoms with Crippen molar-refractivity contribution in [3.8, 4) is 0 Å². The molecule has 5 aromatic carbocycles. The summed E-state index contributed by atoms with van der Waals surface area (Å²) in [6.07, 6.45) is 0. The molecule has 8 heteroatoms. The second-order valence-electron chi connectivity index (χ2n) is 9.32. The first-order valence-electron chi connectivity index (χ1n) is 12.9. The third kappa shape index (κ3) is 6.82. The molecule has 0 bridgehead atoms. The summed E-state index contributed by atoms with van der Waals surface area (Å²) in [5, 5.41) is 3.45. The van der Waals surface area contributed by atoms with Crippen molar-refractivity contribution in [3.05, 3.63) is 149 Å². The standard InChI is InChI=1S/C33H27ClN2O3S2/c1-24-16-21-27(34)22-31(24)36(41(38,39)29-12-6-3-7-13-29)23-25-17-19-26(20-18-25)33(37)35-30-14-8-9-15-32(30)40-28-10-4-2-5-11-28/h2-22H,23H2,1H3,(H,35,37). The lowest BCUT2D eigenvalue weighted by atomic mass is 10.1. The summed E-state index contributed by atoms with van der Waals surface area (Å²) in [6, 6.07) is 38.1. The Bertz CT molecular complexity index is 1760. The quantitative estimate of drug-likeness (QED) is 0.185. The average molecular weight is 599 g/mol. The van der Waals surface area contributed by atoms with Gasteiger partial charge in [0.2, 0.25) is 0 Å². The first kappa shape index (κ1) is 28.5. The Morgan fingerprint density at radius 2 is 1.44 bits per heavy atom. The number of nitrogens with one attached hydrogen (secondary N) is 1. The van der Waals surface area contributed by atoms with Gasteiger partial charge in [-0.05, 0) is 78.7 Å². The van der Waals surface area contributed by atoms with E-state index in [-0.39, 0.29) is 17.3 Å². The van der Waals surface area contributed by atoms with Gasteiger partial charge in [0.1, 0.15) is 0 Å². The zero-order chi connectivity index (χ0) is 28.8. The van der Waals surface area contributed by atoms with Crippen molar-refractivity contribution in [2.45, 2.75) is 28.2 Å². The first-order valence-corrected chi connectivity index (χ1v) is 15.5. The number of nitrogens with zero attached hydrogens (tertiary/aromatic N) is 1. The van der Waals surface area contributed by atoms with Crippen molar-refractivity contribution in [2.75, 3.05) is 9.62 Å². The number of aryl methyl sites for hydroxylation is 1. The van der Waals surface area contributed by atoms with Crippen LogP contribution < -0.4 is 9.62 Å². The van der Waals surface area contributed by atoms with Gasteiger partial charge in [0.25, 0.3) is 15.9 Å². The molecule has 0 heterocycles. The minimum Gasteiger partial charge on any atom is -0.321 e. The fourth-order valence-electron chi connectivity index (χ4n) is 4.27. The monoisotopic (exact) mass is 598 g/mol. The van der Waals surface area contributed by atoms with Gasteiger partial charge >= 0.3 is 0 Å². The Labute approximate surface area is 249 Å². The molecule has 1 N–H and O–H groups in total. The minimum atomic E-state index is -3.90. The summed E-state index contributed by atoms with van der Waals surface area (Å²) >= 11 is 7.85. The molecule has 5 aromatic rings. The van der Waals surface area contributed by atoms with E-state index < -0.39 is 10.0 Å². The van der Waals surface area contributed by atoms with Crippen molar-refractivity contribution in [3.63, 3.8) is 0 Å². The summed E-state index contributed by atoms with van der Waals surface area (Å²) in [5.41, 5.74) is 3.17. The Morgan fingerprint density at radius 1 is 0.805 bits per heavy atom. The van der Waals surface area contributed by atoms with E-state index in [1.54, 1.807) is 84.6 Å². The molecule has 0 aromatic heterocycles. The largest absolute Gasteiger partial charge is 0.321 e. The van der Waals surface area contributed by atoms with Crippen molar-refractivity contribution in [1.29, 1.82) is 0 Å². The Balaban J connectivity index is 1.38. The first-order chi connectivity index (χ1) is 19.8. The fourth-order valence-corrected chi connectivity index (χ4v) is 6.89. The van der Waals surface area contributed by atoms with Crippen LogP contribution in [0.5, 0.6) is 0 Å². The van der Waals surface area contributed by atoms with Crippen LogP contribution in [0.1, 0.15) is 21.5 Å². The number of anilines is 2. The third-order valence-corrected chi connectivity index (χ3v) is 9.51. The maximum Gasteiger partial charge on any atom is 0.264 e. The van der Waals surface area contributed by atoms with E-state index in [0.717, 1.165) is 20.9 Å². The topological polar surface area (TPSA) is 66.5 Å². The average Bonchev–Trinajstić information content (AvgIpc) is 2.99. The Kier molecular flexibility index (Phi) is 8.78. The normalized spacial score (nSPS) is 11.2. The number of hydrogen-bond donors (Lipinski definition) is 1. The van der Waals surface area contributed by atoms with E-state index in [1.807, 2.05) is 61.5 Å². The number of hydrogen-bond acceptors (Lipinski definition) is 4. The van der Waals surface area contributed by atoms with Crippen molar-refractivity contribution < 1.29 is 13.2 Å². The molecule has 1 amide bonds. The Morgan fingerprint density at radius 3 is 2.15 bits per heavy atom. The number of para-hydroxylation sites is 1. The van der Waals surface area contributed by atoms with Crippen LogP contribution in [0.4, 0.5) is 11.4 Å². The molecule has 41 heavy (non-hydrogen) atoms. The van der Waals surface area contributed by atoms with Crippen LogP contribution >= 0.6 is 23.4 Å². The summed E-state index contributed by atoms with van der Waals surface area (Å²) in [5.74, 6) is -0.253. The van der Waals surface area contributed by atoms with Gasteiger partial charge in [0, 0.05) is 20.4 Å². The number of rotatable bonds is 9. The van der Waals surface area contributed by atoms with Crippen molar-refractivity contribution >= 4 is 50.7 Å². The molecule has 5 rings (SSSR count). The van der Waals surface area contributed by atoms with Crippen molar-refractivity contribution in [2.24, 2.45) is 0 Å². The highest BCUT2D eigenvalue weighted by Gasteiger charge is 2.26. The summed E-state index contributed by atoms with van der Waals surface area (Å²) in [4.78, 5) is 15.3. The highest BCUT2D eigenvalue weighted by Crippen LogP contribution is 2.34. The predicted molar refractivity (Wildman–Crippen MR) is 167 cm³/mol. The van der Waals surface area contributed by atoms with Gasteiger partial charge < -0.3 is 5.32 Å². The maximum absolute atomic E-state index is 13.8. The number of amides is 1. The molecule has 0 fully saturated rings. The molecule has 0 spiro atoms. The number of halogens is 1. The third-order valence-electron chi connectivity index (χ3n) is 6.42. The van der Waals surface area contributed by atoms with E-state index in [4.69, 9.17) is 11.6 Å². The zero-order valence-corrected chi connectivity index (χ0v) is 24.6. The van der Waals surface area contributed by atoms with Gasteiger partial charge in [0.05, 0.1) is 22.8 Å². The van der Waals surface area contributed by atoms with E-state index in [9.17, 15) is 13.2 Å². The van der Waals surface area contributed by atoms with Crippen LogP contribution in [0.15, 0.2) is 142 Å². The number of carbonyl (C=O) groups excluding carboxylic acids is 1. The summed E-state index contributed by atoms with van der Waals surface area (Å²) in [7, 11) is -3.90. The van der Waals surface area contributed by atoms with Gasteiger partial charge in [-0.25, -0.2) is 8.42 Å². The molecule has 0 aliphatic rings. The molecular weight excluding hydrogens is 572 g/mol. The number of carbonyl (C=O) groups is 1. The molecule has 0 unspecified atom stereocenters. The fraction of sp³-hybridized carbons (Fsp3) is 0.0606. The van der Waals surface area contributed by atoms with E-state index in [0.29, 0.717) is 22.0 Å². The van der Waals surface area contributed by atoms with Gasteiger partial charge in [-0.1, -0.05) is 90.1 Å². The van der Waals surface area contributed by atoms with Crippen LogP contribution in [-0.4, -0.2) is 14.3 Å². The Hall–Kier alpha value is -4.04. The van der Waals surface area contributed by atoms with Crippen LogP contribution in [0.3, 0.4) is 0 Å². The SMILES string of the molecule is Cc1ccc(Cl)cc1N(Cc1ccc(C(=O)Nc2ccccc2Sc2ccccc2)cc1)S(=O)(=O)c1ccccc1. The molecule has 0 saturated carbocycles. The lowest BCUT2D eigenvalue weighted by Crippen LogP contribution is -2.31. The van der Waals surface area contributed by atoms with Gasteiger partial charge in [-0.2, -0.15) is 0 Å². The van der Waals surface area contributed by atoms with E-state index in [1.165, 1.54) is 4.31 Å². The van der Waals surface area contributed by atoms with Gasteiger partial charge in [-0.15, -0.1) is 0 Å². The second kappa shape index (κ2) is 12.6. The minimum absolute atomic E-state index is 0.0663. The predicted octanol–water partition coefficient (Wildman–Crippen LogP) is 8.45. The van der Waals surface area contributed by atoms with Crippen LogP contribution in [0, 0.1) is 6.92 Å². The molecular formula is C33H27ClN2O3S2. The van der Waals surface area contributed by atoms with Crippen LogP contribution in [0.25, 0.3) is 0 Å². The smallest absolute Gasteiger partial charge is 0.264 e. The molecule has 0 saturated heterocycles. The molecule has 0 radical (unpaired) electrons. The zero-order valence-electron chi connectivity index (χ0n) is 22.2. The lowest BCUT2D eigenvalue weighted by Gasteiger charge is -2.26. The second-order valence-corrected chi connectivity index (χ2v) is 12.7. The molecule has 0 aliphatic carbocycles. The summed E-state index contributed by atoms with van der Waals surface area (Å²) in [6.45, 7) is 1.91. The summed E-state index contributed by atoms with van der Waals surface area (Å²) < 4.78 is 28.9. The van der Waals surface area contributed by atoms with Crippen molar-refractivity contribution in [1.82, 2.24) is 0 Å². The molecule has 206 valence electrons. The van der Waals surface area contributed by atoms with E-state index >= 15 is 0 Å². The highest BCUT2D eigenvalue weighted by atomic mass is 35.5. The molecule has 0 aliphatic heterocycles. The number of sulfonamides is 1. The lowest BCUT2D eigenvalue weighted by molar-refractivity contribution is 0.102. The highest BCUT2D eigenvalue weighted by molar-refractivity contribution is 7.99. The molecule has 0 atom stereocenters. The number of benzene rings is 5. The maximum atomic E-state index is 13.8. The van der Waals surface area contributed by atoms with Gasteiger partial charge in [-0.3, -0.25) is 9.10 Å². The van der Waals surface area contributed by atoms with Gasteiger partial charge in [0.15, 0.2) is 0 Å². The van der Waals surface area contributed by atoms with E-state index in [2.05, 4.69) is 5.32 Å². The van der Waals surface area contributed by atoms with Crippen LogP contribution in [0.2, 0.25) is 5.02 Å². The molecule has 5 nitrogen and oxygen atoms in total.